The smallest absolute Gasteiger partial charge is 0.247 e. The van der Waals surface area contributed by atoms with Crippen molar-refractivity contribution in [2.45, 2.75) is 30.3 Å². The Morgan fingerprint density at radius 3 is 2.54 bits per heavy atom. The Labute approximate surface area is 229 Å². The van der Waals surface area contributed by atoms with Gasteiger partial charge in [-0.05, 0) is 54.8 Å². The third kappa shape index (κ3) is 5.06. The average Bonchev–Trinajstić information content (AvgIpc) is 3.57. The Balaban J connectivity index is 1.55. The van der Waals surface area contributed by atoms with E-state index in [1.54, 1.807) is 24.1 Å². The monoisotopic (exact) mass is 575 g/mol. The zero-order valence-corrected chi connectivity index (χ0v) is 22.9. The summed E-state index contributed by atoms with van der Waals surface area (Å²) in [6.07, 6.45) is 0.980. The van der Waals surface area contributed by atoms with Gasteiger partial charge in [0.1, 0.15) is 17.3 Å². The number of carbonyl (C=O) groups is 1. The Hall–Kier alpha value is -2.69. The summed E-state index contributed by atoms with van der Waals surface area (Å²) in [6, 6.07) is 18.1. The first-order chi connectivity index (χ1) is 17.8. The number of carbonyl (C=O) groups excluding carboxylic acids is 1. The number of thiazole rings is 1. The Morgan fingerprint density at radius 1 is 1.11 bits per heavy atom. The van der Waals surface area contributed by atoms with Gasteiger partial charge in [-0.2, -0.15) is 4.31 Å². The van der Waals surface area contributed by atoms with Crippen LogP contribution in [-0.4, -0.2) is 43.3 Å². The van der Waals surface area contributed by atoms with Crippen LogP contribution in [0.3, 0.4) is 0 Å². The van der Waals surface area contributed by atoms with E-state index >= 15 is 0 Å². The second kappa shape index (κ2) is 10.6. The van der Waals surface area contributed by atoms with Crippen LogP contribution in [0.1, 0.15) is 18.4 Å². The SMILES string of the molecule is COc1ccc(Cl)c2sc(N(Cc3ccccc3)C(=O)C3CCCN3S(=O)(=O)c3ccc(Cl)cc3)nc12. The molecule has 3 aromatic carbocycles. The lowest BCUT2D eigenvalue weighted by Gasteiger charge is -2.28. The quantitative estimate of drug-likeness (QED) is 0.270. The van der Waals surface area contributed by atoms with Crippen molar-refractivity contribution in [2.24, 2.45) is 0 Å². The summed E-state index contributed by atoms with van der Waals surface area (Å²) in [5.41, 5.74) is 1.44. The van der Waals surface area contributed by atoms with Crippen molar-refractivity contribution in [1.82, 2.24) is 9.29 Å². The van der Waals surface area contributed by atoms with Gasteiger partial charge in [0.05, 0.1) is 28.3 Å². The second-order valence-corrected chi connectivity index (χ2v) is 12.3. The number of rotatable bonds is 7. The maximum Gasteiger partial charge on any atom is 0.247 e. The molecular weight excluding hydrogens is 553 g/mol. The summed E-state index contributed by atoms with van der Waals surface area (Å²) in [4.78, 5) is 20.5. The third-order valence-electron chi connectivity index (χ3n) is 6.26. The molecule has 0 spiro atoms. The van der Waals surface area contributed by atoms with Gasteiger partial charge in [0, 0.05) is 11.6 Å². The van der Waals surface area contributed by atoms with Gasteiger partial charge in [0.15, 0.2) is 5.13 Å². The van der Waals surface area contributed by atoms with Gasteiger partial charge in [-0.25, -0.2) is 13.4 Å². The molecule has 1 aliphatic heterocycles. The van der Waals surface area contributed by atoms with Crippen molar-refractivity contribution in [3.8, 4) is 5.75 Å². The number of anilines is 1. The summed E-state index contributed by atoms with van der Waals surface area (Å²) < 4.78 is 34.5. The van der Waals surface area contributed by atoms with Crippen molar-refractivity contribution >= 4 is 65.8 Å². The Kier molecular flexibility index (Phi) is 7.42. The number of aromatic nitrogens is 1. The largest absolute Gasteiger partial charge is 0.494 e. The van der Waals surface area contributed by atoms with Crippen molar-refractivity contribution in [3.63, 3.8) is 0 Å². The highest BCUT2D eigenvalue weighted by Crippen LogP contribution is 2.40. The fourth-order valence-corrected chi connectivity index (χ4v) is 7.46. The number of fused-ring (bicyclic) bond motifs is 1. The highest BCUT2D eigenvalue weighted by atomic mass is 35.5. The number of hydrogen-bond donors (Lipinski definition) is 0. The summed E-state index contributed by atoms with van der Waals surface area (Å²) >= 11 is 13.7. The molecule has 11 heteroatoms. The molecule has 5 rings (SSSR count). The first-order valence-corrected chi connectivity index (χ1v) is 14.6. The molecule has 0 saturated carbocycles. The molecule has 0 N–H and O–H groups in total. The third-order valence-corrected chi connectivity index (χ3v) is 9.97. The zero-order valence-electron chi connectivity index (χ0n) is 19.8. The van der Waals surface area contributed by atoms with Gasteiger partial charge in [0.25, 0.3) is 0 Å². The lowest BCUT2D eigenvalue weighted by Crippen LogP contribution is -2.47. The molecule has 0 radical (unpaired) electrons. The number of benzene rings is 3. The number of halogens is 2. The van der Waals surface area contributed by atoms with E-state index in [4.69, 9.17) is 32.9 Å². The van der Waals surface area contributed by atoms with E-state index in [-0.39, 0.29) is 23.9 Å². The normalized spacial score (nSPS) is 16.2. The first-order valence-electron chi connectivity index (χ1n) is 11.6. The molecule has 1 aromatic heterocycles. The van der Waals surface area contributed by atoms with Crippen LogP contribution in [0.2, 0.25) is 10.0 Å². The standard InChI is InChI=1S/C26H23Cl2N3O4S2/c1-35-22-14-13-20(28)24-23(22)29-26(36-24)30(16-17-6-3-2-4-7-17)25(32)21-8-5-15-31(21)37(33,34)19-11-9-18(27)10-12-19/h2-4,6-7,9-14,21H,5,8,15-16H2,1H3. The van der Waals surface area contributed by atoms with Crippen LogP contribution in [0, 0.1) is 0 Å². The van der Waals surface area contributed by atoms with Crippen LogP contribution >= 0.6 is 34.5 Å². The molecule has 4 aromatic rings. The van der Waals surface area contributed by atoms with Crippen molar-refractivity contribution < 1.29 is 17.9 Å². The van der Waals surface area contributed by atoms with Gasteiger partial charge in [0.2, 0.25) is 15.9 Å². The summed E-state index contributed by atoms with van der Waals surface area (Å²) in [5.74, 6) is 0.204. The summed E-state index contributed by atoms with van der Waals surface area (Å²) in [5, 5.41) is 1.36. The Morgan fingerprint density at radius 2 is 1.84 bits per heavy atom. The molecule has 0 bridgehead atoms. The fraction of sp³-hybridized carbons (Fsp3) is 0.231. The molecule has 1 atom stereocenters. The number of amides is 1. The number of methoxy groups -OCH3 is 1. The van der Waals surface area contributed by atoms with E-state index in [0.29, 0.717) is 44.0 Å². The fourth-order valence-electron chi connectivity index (χ4n) is 4.42. The maximum absolute atomic E-state index is 14.1. The average molecular weight is 577 g/mol. The highest BCUT2D eigenvalue weighted by molar-refractivity contribution is 7.89. The van der Waals surface area contributed by atoms with E-state index in [9.17, 15) is 13.2 Å². The lowest BCUT2D eigenvalue weighted by molar-refractivity contribution is -0.121. The summed E-state index contributed by atoms with van der Waals surface area (Å²) in [7, 11) is -2.36. The van der Waals surface area contributed by atoms with Gasteiger partial charge in [-0.1, -0.05) is 64.9 Å². The van der Waals surface area contributed by atoms with Crippen LogP contribution in [0.25, 0.3) is 10.2 Å². The van der Waals surface area contributed by atoms with Crippen LogP contribution in [0.15, 0.2) is 71.6 Å². The molecular formula is C26H23Cl2N3O4S2. The Bertz CT molecular complexity index is 1540. The summed E-state index contributed by atoms with van der Waals surface area (Å²) in [6.45, 7) is 0.477. The van der Waals surface area contributed by atoms with Crippen molar-refractivity contribution in [3.05, 3.63) is 82.3 Å². The molecule has 7 nitrogen and oxygen atoms in total. The molecule has 2 heterocycles. The predicted molar refractivity (Wildman–Crippen MR) is 147 cm³/mol. The molecule has 1 saturated heterocycles. The molecule has 0 aliphatic carbocycles. The van der Waals surface area contributed by atoms with Crippen molar-refractivity contribution in [2.75, 3.05) is 18.6 Å². The van der Waals surface area contributed by atoms with E-state index in [1.165, 1.54) is 39.9 Å². The van der Waals surface area contributed by atoms with Crippen LogP contribution in [0.4, 0.5) is 5.13 Å². The van der Waals surface area contributed by atoms with Crippen LogP contribution in [-0.2, 0) is 21.4 Å². The van der Waals surface area contributed by atoms with Gasteiger partial charge < -0.3 is 4.74 Å². The molecule has 192 valence electrons. The number of ether oxygens (including phenoxy) is 1. The van der Waals surface area contributed by atoms with E-state index in [1.807, 2.05) is 30.3 Å². The zero-order chi connectivity index (χ0) is 26.2. The van der Waals surface area contributed by atoms with Crippen molar-refractivity contribution in [1.29, 1.82) is 0 Å². The van der Waals surface area contributed by atoms with Crippen LogP contribution < -0.4 is 9.64 Å². The maximum atomic E-state index is 14.1. The molecule has 1 aliphatic rings. The van der Waals surface area contributed by atoms with E-state index in [2.05, 4.69) is 0 Å². The minimum Gasteiger partial charge on any atom is -0.494 e. The minimum absolute atomic E-state index is 0.0997. The predicted octanol–water partition coefficient (Wildman–Crippen LogP) is 6.00. The molecule has 1 fully saturated rings. The van der Waals surface area contributed by atoms with Gasteiger partial charge in [-0.3, -0.25) is 9.69 Å². The molecule has 37 heavy (non-hydrogen) atoms. The molecule has 1 unspecified atom stereocenters. The molecule has 1 amide bonds. The highest BCUT2D eigenvalue weighted by Gasteiger charge is 2.42. The number of nitrogens with zero attached hydrogens (tertiary/aromatic N) is 3. The number of hydrogen-bond acceptors (Lipinski definition) is 6. The topological polar surface area (TPSA) is 79.8 Å². The van der Waals surface area contributed by atoms with E-state index < -0.39 is 16.1 Å². The minimum atomic E-state index is -3.91. The van der Waals surface area contributed by atoms with Gasteiger partial charge in [-0.15, -0.1) is 0 Å². The first kappa shape index (κ1) is 25.9. The second-order valence-electron chi connectivity index (χ2n) is 8.56. The lowest BCUT2D eigenvalue weighted by atomic mass is 10.1. The van der Waals surface area contributed by atoms with E-state index in [0.717, 1.165) is 5.56 Å². The number of sulfonamides is 1. The van der Waals surface area contributed by atoms with Gasteiger partial charge >= 0.3 is 0 Å². The van der Waals surface area contributed by atoms with Crippen LogP contribution in [0.5, 0.6) is 5.75 Å².